The molecule has 1 aromatic rings. The Labute approximate surface area is 179 Å². The molecule has 0 bridgehead atoms. The number of benzene rings is 1. The lowest BCUT2D eigenvalue weighted by atomic mass is 10.0. The summed E-state index contributed by atoms with van der Waals surface area (Å²) in [4.78, 5) is 28.8. The lowest BCUT2D eigenvalue weighted by molar-refractivity contribution is -0.274. The second-order valence-corrected chi connectivity index (χ2v) is 8.00. The second kappa shape index (κ2) is 9.29. The van der Waals surface area contributed by atoms with Crippen LogP contribution < -0.4 is 10.1 Å². The summed E-state index contributed by atoms with van der Waals surface area (Å²) in [5, 5.41) is 11.6. The number of piperazine rings is 1. The summed E-state index contributed by atoms with van der Waals surface area (Å²) in [6.45, 7) is 3.29. The van der Waals surface area contributed by atoms with Crippen molar-refractivity contribution < 1.29 is 32.6 Å². The molecule has 3 rings (SSSR count). The molecular formula is C18H22BrF3N4O4. The fourth-order valence-corrected chi connectivity index (χ4v) is 4.03. The Balaban J connectivity index is 1.50. The molecule has 30 heavy (non-hydrogen) atoms. The van der Waals surface area contributed by atoms with Crippen molar-refractivity contribution in [3.05, 3.63) is 22.7 Å². The molecule has 0 atom stereocenters. The number of halogens is 4. The number of piperidine rings is 1. The molecule has 0 radical (unpaired) electrons. The van der Waals surface area contributed by atoms with Crippen LogP contribution in [0.15, 0.2) is 22.7 Å². The van der Waals surface area contributed by atoms with Crippen molar-refractivity contribution in [3.63, 3.8) is 0 Å². The Kier molecular flexibility index (Phi) is 6.96. The van der Waals surface area contributed by atoms with Gasteiger partial charge in [0.2, 0.25) is 0 Å². The first-order valence-electron chi connectivity index (χ1n) is 9.45. The summed E-state index contributed by atoms with van der Waals surface area (Å²) in [6, 6.07) is 3.87. The van der Waals surface area contributed by atoms with Gasteiger partial charge < -0.3 is 25.0 Å². The summed E-state index contributed by atoms with van der Waals surface area (Å²) in [6.07, 6.45) is -4.20. The van der Waals surface area contributed by atoms with Gasteiger partial charge in [0, 0.05) is 57.1 Å². The smallest absolute Gasteiger partial charge is 0.465 e. The number of ether oxygens (including phenoxy) is 1. The first-order valence-corrected chi connectivity index (χ1v) is 10.2. The molecule has 2 N–H and O–H groups in total. The highest BCUT2D eigenvalue weighted by molar-refractivity contribution is 9.10. The normalized spacial score (nSPS) is 18.9. The second-order valence-electron chi connectivity index (χ2n) is 7.15. The molecule has 0 aliphatic carbocycles. The van der Waals surface area contributed by atoms with E-state index in [-0.39, 0.29) is 10.2 Å². The number of carbonyl (C=O) groups excluding carboxylic acids is 1. The van der Waals surface area contributed by atoms with Gasteiger partial charge in [0.1, 0.15) is 5.75 Å². The van der Waals surface area contributed by atoms with E-state index >= 15 is 0 Å². The van der Waals surface area contributed by atoms with E-state index in [9.17, 15) is 22.8 Å². The van der Waals surface area contributed by atoms with Crippen molar-refractivity contribution in [1.82, 2.24) is 14.7 Å². The zero-order valence-corrected chi connectivity index (χ0v) is 17.6. The highest BCUT2D eigenvalue weighted by Crippen LogP contribution is 2.33. The third-order valence-corrected chi connectivity index (χ3v) is 5.92. The van der Waals surface area contributed by atoms with Gasteiger partial charge in [-0.05, 0) is 40.9 Å². The predicted molar refractivity (Wildman–Crippen MR) is 106 cm³/mol. The van der Waals surface area contributed by atoms with Crippen LogP contribution in [-0.2, 0) is 0 Å². The average molecular weight is 495 g/mol. The molecule has 3 amide bonds. The van der Waals surface area contributed by atoms with Crippen molar-refractivity contribution in [1.29, 1.82) is 0 Å². The summed E-state index contributed by atoms with van der Waals surface area (Å²) in [5.74, 6) is -0.433. The monoisotopic (exact) mass is 494 g/mol. The molecule has 166 valence electrons. The molecule has 2 saturated heterocycles. The Hall–Kier alpha value is -2.21. The van der Waals surface area contributed by atoms with Crippen LogP contribution in [0.2, 0.25) is 0 Å². The zero-order chi connectivity index (χ0) is 21.9. The Bertz CT molecular complexity index is 779. The number of hydrogen-bond acceptors (Lipinski definition) is 4. The number of hydrogen-bond donors (Lipinski definition) is 2. The third-order valence-electron chi connectivity index (χ3n) is 5.26. The van der Waals surface area contributed by atoms with Crippen molar-refractivity contribution in [2.75, 3.05) is 44.6 Å². The van der Waals surface area contributed by atoms with E-state index in [0.29, 0.717) is 45.3 Å². The number of amides is 3. The number of anilines is 1. The van der Waals surface area contributed by atoms with Crippen LogP contribution in [0.4, 0.5) is 28.4 Å². The number of nitrogens with zero attached hydrogens (tertiary/aromatic N) is 3. The Morgan fingerprint density at radius 3 is 2.27 bits per heavy atom. The van der Waals surface area contributed by atoms with E-state index in [1.165, 1.54) is 17.0 Å². The van der Waals surface area contributed by atoms with E-state index in [1.54, 1.807) is 4.90 Å². The number of carbonyl (C=O) groups is 2. The predicted octanol–water partition coefficient (Wildman–Crippen LogP) is 3.64. The van der Waals surface area contributed by atoms with Gasteiger partial charge in [-0.2, -0.15) is 0 Å². The minimum atomic E-state index is -4.83. The van der Waals surface area contributed by atoms with Crippen LogP contribution in [0, 0.1) is 0 Å². The molecule has 12 heteroatoms. The minimum absolute atomic E-state index is 0.125. The number of urea groups is 1. The van der Waals surface area contributed by atoms with Crippen LogP contribution in [-0.4, -0.2) is 83.6 Å². The van der Waals surface area contributed by atoms with Gasteiger partial charge in [0.15, 0.2) is 0 Å². The number of nitrogens with one attached hydrogen (secondary N) is 1. The van der Waals surface area contributed by atoms with Crippen LogP contribution in [0.5, 0.6) is 5.75 Å². The van der Waals surface area contributed by atoms with E-state index in [2.05, 4.69) is 30.9 Å². The lowest BCUT2D eigenvalue weighted by Gasteiger charge is -2.42. The highest BCUT2D eigenvalue weighted by atomic mass is 79.9. The summed E-state index contributed by atoms with van der Waals surface area (Å²) in [5.41, 5.74) is 0.200. The zero-order valence-electron chi connectivity index (χ0n) is 16.0. The molecule has 2 fully saturated rings. The number of carboxylic acid groups (broad SMARTS) is 1. The van der Waals surface area contributed by atoms with Crippen LogP contribution in [0.3, 0.4) is 0 Å². The average Bonchev–Trinajstić information content (AvgIpc) is 2.69. The van der Waals surface area contributed by atoms with E-state index < -0.39 is 24.2 Å². The van der Waals surface area contributed by atoms with Crippen molar-refractivity contribution in [3.8, 4) is 5.75 Å². The van der Waals surface area contributed by atoms with E-state index in [1.807, 2.05) is 0 Å². The number of alkyl halides is 3. The molecule has 0 aromatic heterocycles. The lowest BCUT2D eigenvalue weighted by Crippen LogP contribution is -2.55. The summed E-state index contributed by atoms with van der Waals surface area (Å²) < 4.78 is 41.5. The van der Waals surface area contributed by atoms with Gasteiger partial charge in [0.05, 0.1) is 4.47 Å². The molecule has 0 saturated carbocycles. The molecule has 2 aliphatic heterocycles. The van der Waals surface area contributed by atoms with Gasteiger partial charge in [-0.3, -0.25) is 4.90 Å². The summed E-state index contributed by atoms with van der Waals surface area (Å²) >= 11 is 2.99. The molecule has 2 aliphatic rings. The van der Waals surface area contributed by atoms with Crippen LogP contribution in [0.25, 0.3) is 0 Å². The summed E-state index contributed by atoms with van der Waals surface area (Å²) in [7, 11) is 0. The molecule has 8 nitrogen and oxygen atoms in total. The third kappa shape index (κ3) is 5.91. The maximum Gasteiger partial charge on any atom is 0.573 e. The Morgan fingerprint density at radius 2 is 1.70 bits per heavy atom. The van der Waals surface area contributed by atoms with Gasteiger partial charge >= 0.3 is 18.5 Å². The molecule has 0 spiro atoms. The van der Waals surface area contributed by atoms with Crippen LogP contribution in [0.1, 0.15) is 12.8 Å². The molecule has 1 aromatic carbocycles. The first-order chi connectivity index (χ1) is 14.1. The van der Waals surface area contributed by atoms with E-state index in [0.717, 1.165) is 18.9 Å². The maximum absolute atomic E-state index is 12.5. The maximum atomic E-state index is 12.5. The van der Waals surface area contributed by atoms with Gasteiger partial charge in [0.25, 0.3) is 0 Å². The number of rotatable bonds is 3. The van der Waals surface area contributed by atoms with Gasteiger partial charge in [-0.25, -0.2) is 9.59 Å². The largest absolute Gasteiger partial charge is 0.573 e. The fourth-order valence-electron chi connectivity index (χ4n) is 3.70. The van der Waals surface area contributed by atoms with Crippen molar-refractivity contribution in [2.24, 2.45) is 0 Å². The van der Waals surface area contributed by atoms with Crippen LogP contribution >= 0.6 is 15.9 Å². The van der Waals surface area contributed by atoms with Crippen molar-refractivity contribution in [2.45, 2.75) is 25.2 Å². The molecule has 0 unspecified atom stereocenters. The minimum Gasteiger partial charge on any atom is -0.465 e. The highest BCUT2D eigenvalue weighted by Gasteiger charge is 2.33. The topological polar surface area (TPSA) is 85.4 Å². The number of likely N-dealkylation sites (tertiary alicyclic amines) is 1. The fraction of sp³-hybridized carbons (Fsp3) is 0.556. The SMILES string of the molecule is O=C(O)N1CCC(N2CCN(C(=O)Nc3ccc(Br)c(OC(F)(F)F)c3)CC2)CC1. The standard InChI is InChI=1S/C18H22BrF3N4O4/c19-14-2-1-12(11-15(14)30-18(20,21)22)23-16(27)25-9-7-24(8-10-25)13-3-5-26(6-4-13)17(28)29/h1-2,11,13H,3-10H2,(H,23,27)(H,28,29). The molecule has 2 heterocycles. The molecular weight excluding hydrogens is 473 g/mol. The van der Waals surface area contributed by atoms with Crippen molar-refractivity contribution >= 4 is 33.7 Å². The Morgan fingerprint density at radius 1 is 1.07 bits per heavy atom. The van der Waals surface area contributed by atoms with E-state index in [4.69, 9.17) is 5.11 Å². The quantitative estimate of drug-likeness (QED) is 0.669. The van der Waals surface area contributed by atoms with Gasteiger partial charge in [-0.15, -0.1) is 13.2 Å². The first kappa shape index (κ1) is 22.5. The van der Waals surface area contributed by atoms with Gasteiger partial charge in [-0.1, -0.05) is 0 Å².